The Kier molecular flexibility index (Phi) is 2.42. The van der Waals surface area contributed by atoms with Crippen molar-refractivity contribution in [2.24, 2.45) is 7.05 Å². The van der Waals surface area contributed by atoms with Crippen LogP contribution in [-0.2, 0) is 13.6 Å². The van der Waals surface area contributed by atoms with Gasteiger partial charge >= 0.3 is 0 Å². The zero-order chi connectivity index (χ0) is 13.4. The highest BCUT2D eigenvalue weighted by molar-refractivity contribution is 5.79. The van der Waals surface area contributed by atoms with Crippen LogP contribution in [0, 0.1) is 11.3 Å². The highest BCUT2D eigenvalue weighted by Gasteiger charge is 2.11. The van der Waals surface area contributed by atoms with E-state index in [1.807, 2.05) is 16.2 Å². The first-order valence-electron chi connectivity index (χ1n) is 5.68. The number of aromatic nitrogens is 5. The number of rotatable bonds is 2. The normalized spacial score (nSPS) is 10.7. The maximum atomic E-state index is 8.96. The number of nitriles is 1. The molecule has 2 N–H and O–H groups in total. The number of aryl methyl sites for hydroxylation is 1. The molecule has 0 aliphatic heterocycles. The van der Waals surface area contributed by atoms with E-state index < -0.39 is 0 Å². The molecule has 0 saturated carbocycles. The molecule has 0 bridgehead atoms. The summed E-state index contributed by atoms with van der Waals surface area (Å²) in [5.74, 6) is 1.17. The summed E-state index contributed by atoms with van der Waals surface area (Å²) in [4.78, 5) is 4.27. The Morgan fingerprint density at radius 1 is 1.42 bits per heavy atom. The van der Waals surface area contributed by atoms with Gasteiger partial charge in [-0.25, -0.2) is 4.98 Å². The van der Waals surface area contributed by atoms with Crippen molar-refractivity contribution in [3.05, 3.63) is 35.9 Å². The Labute approximate surface area is 108 Å². The van der Waals surface area contributed by atoms with Crippen LogP contribution >= 0.6 is 0 Å². The molecule has 7 nitrogen and oxygen atoms in total. The smallest absolute Gasteiger partial charge is 0.201 e. The second kappa shape index (κ2) is 4.10. The SMILES string of the molecule is Cn1cnnc1Cn1c(N)nc2ccc(C#N)cc21. The van der Waals surface area contributed by atoms with Gasteiger partial charge in [0, 0.05) is 7.05 Å². The lowest BCUT2D eigenvalue weighted by molar-refractivity contribution is 0.718. The third-order valence-corrected chi connectivity index (χ3v) is 3.01. The number of imidazole rings is 1. The molecule has 0 unspecified atom stereocenters. The van der Waals surface area contributed by atoms with Crippen molar-refractivity contribution in [2.45, 2.75) is 6.54 Å². The summed E-state index contributed by atoms with van der Waals surface area (Å²) < 4.78 is 3.64. The van der Waals surface area contributed by atoms with E-state index in [4.69, 9.17) is 11.0 Å². The van der Waals surface area contributed by atoms with Crippen molar-refractivity contribution in [1.82, 2.24) is 24.3 Å². The molecular formula is C12H11N7. The van der Waals surface area contributed by atoms with Gasteiger partial charge in [0.05, 0.1) is 29.2 Å². The molecule has 0 aliphatic rings. The van der Waals surface area contributed by atoms with Crippen molar-refractivity contribution in [3.8, 4) is 6.07 Å². The minimum Gasteiger partial charge on any atom is -0.369 e. The lowest BCUT2D eigenvalue weighted by Gasteiger charge is -2.05. The number of nitrogens with two attached hydrogens (primary N) is 1. The number of anilines is 1. The van der Waals surface area contributed by atoms with Crippen LogP contribution in [-0.4, -0.2) is 24.3 Å². The van der Waals surface area contributed by atoms with Crippen LogP contribution in [0.4, 0.5) is 5.95 Å². The predicted octanol–water partition coefficient (Wildman–Crippen LogP) is 0.667. The Bertz CT molecular complexity index is 790. The highest BCUT2D eigenvalue weighted by atomic mass is 15.3. The number of nitrogen functional groups attached to an aromatic ring is 1. The van der Waals surface area contributed by atoms with Gasteiger partial charge in [-0.2, -0.15) is 5.26 Å². The van der Waals surface area contributed by atoms with Crippen molar-refractivity contribution < 1.29 is 0 Å². The maximum Gasteiger partial charge on any atom is 0.201 e. The molecule has 0 amide bonds. The van der Waals surface area contributed by atoms with Gasteiger partial charge in [-0.1, -0.05) is 0 Å². The third kappa shape index (κ3) is 1.79. The number of fused-ring (bicyclic) bond motifs is 1. The Morgan fingerprint density at radius 2 is 2.26 bits per heavy atom. The van der Waals surface area contributed by atoms with Gasteiger partial charge in [0.25, 0.3) is 0 Å². The zero-order valence-electron chi connectivity index (χ0n) is 10.3. The van der Waals surface area contributed by atoms with Gasteiger partial charge in [-0.05, 0) is 18.2 Å². The van der Waals surface area contributed by atoms with Crippen LogP contribution in [0.2, 0.25) is 0 Å². The van der Waals surface area contributed by atoms with Crippen LogP contribution in [0.5, 0.6) is 0 Å². The number of hydrogen-bond donors (Lipinski definition) is 1. The van der Waals surface area contributed by atoms with Gasteiger partial charge in [0.1, 0.15) is 6.33 Å². The lowest BCUT2D eigenvalue weighted by atomic mass is 10.2. The van der Waals surface area contributed by atoms with E-state index in [0.717, 1.165) is 16.9 Å². The summed E-state index contributed by atoms with van der Waals surface area (Å²) in [6, 6.07) is 7.40. The van der Waals surface area contributed by atoms with Crippen molar-refractivity contribution >= 4 is 17.0 Å². The number of hydrogen-bond acceptors (Lipinski definition) is 5. The molecule has 94 valence electrons. The predicted molar refractivity (Wildman–Crippen MR) is 69.0 cm³/mol. The van der Waals surface area contributed by atoms with E-state index in [9.17, 15) is 0 Å². The molecule has 1 aromatic carbocycles. The van der Waals surface area contributed by atoms with E-state index in [1.165, 1.54) is 0 Å². The molecule has 0 spiro atoms. The van der Waals surface area contributed by atoms with Gasteiger partial charge in [-0.15, -0.1) is 10.2 Å². The Hall–Kier alpha value is -2.88. The van der Waals surface area contributed by atoms with Crippen molar-refractivity contribution in [3.63, 3.8) is 0 Å². The van der Waals surface area contributed by atoms with Crippen LogP contribution in [0.1, 0.15) is 11.4 Å². The van der Waals surface area contributed by atoms with E-state index in [2.05, 4.69) is 21.3 Å². The summed E-state index contributed by atoms with van der Waals surface area (Å²) in [5.41, 5.74) is 8.08. The molecule has 2 aromatic heterocycles. The zero-order valence-corrected chi connectivity index (χ0v) is 10.3. The maximum absolute atomic E-state index is 8.96. The fourth-order valence-corrected chi connectivity index (χ4v) is 1.97. The average Bonchev–Trinajstić information content (AvgIpc) is 2.94. The fourth-order valence-electron chi connectivity index (χ4n) is 1.97. The number of benzene rings is 1. The molecule has 0 saturated heterocycles. The standard InChI is InChI=1S/C12H11N7/c1-18-7-15-17-11(18)6-19-10-4-8(5-13)2-3-9(10)16-12(19)14/h2-4,7H,6H2,1H3,(H2,14,16). The quantitative estimate of drug-likeness (QED) is 0.723. The van der Waals surface area contributed by atoms with E-state index in [-0.39, 0.29) is 0 Å². The van der Waals surface area contributed by atoms with E-state index in [1.54, 1.807) is 24.5 Å². The van der Waals surface area contributed by atoms with Gasteiger partial charge in [-0.3, -0.25) is 0 Å². The highest BCUT2D eigenvalue weighted by Crippen LogP contribution is 2.20. The summed E-state index contributed by atoms with van der Waals surface area (Å²) in [7, 11) is 1.87. The molecule has 0 fully saturated rings. The first-order chi connectivity index (χ1) is 9.19. The third-order valence-electron chi connectivity index (χ3n) is 3.01. The molecule has 3 aromatic rings. The molecule has 2 heterocycles. The largest absolute Gasteiger partial charge is 0.369 e. The second-order valence-electron chi connectivity index (χ2n) is 4.23. The molecule has 0 aliphatic carbocycles. The molecular weight excluding hydrogens is 242 g/mol. The Morgan fingerprint density at radius 3 is 2.95 bits per heavy atom. The topological polar surface area (TPSA) is 98.3 Å². The summed E-state index contributed by atoms with van der Waals surface area (Å²) in [5, 5.41) is 16.8. The van der Waals surface area contributed by atoms with Crippen LogP contribution in [0.15, 0.2) is 24.5 Å². The van der Waals surface area contributed by atoms with E-state index >= 15 is 0 Å². The van der Waals surface area contributed by atoms with E-state index in [0.29, 0.717) is 18.1 Å². The summed E-state index contributed by atoms with van der Waals surface area (Å²) in [6.07, 6.45) is 1.63. The summed E-state index contributed by atoms with van der Waals surface area (Å²) >= 11 is 0. The molecule has 3 rings (SSSR count). The van der Waals surface area contributed by atoms with Gasteiger partial charge in [0.15, 0.2) is 5.82 Å². The molecule has 7 heteroatoms. The van der Waals surface area contributed by atoms with Crippen LogP contribution in [0.25, 0.3) is 11.0 Å². The summed E-state index contributed by atoms with van der Waals surface area (Å²) in [6.45, 7) is 0.466. The average molecular weight is 253 g/mol. The lowest BCUT2D eigenvalue weighted by Crippen LogP contribution is -2.08. The fraction of sp³-hybridized carbons (Fsp3) is 0.167. The van der Waals surface area contributed by atoms with Crippen LogP contribution < -0.4 is 5.73 Å². The molecule has 0 atom stereocenters. The minimum absolute atomic E-state index is 0.396. The minimum atomic E-state index is 0.396. The van der Waals surface area contributed by atoms with Crippen molar-refractivity contribution in [1.29, 1.82) is 5.26 Å². The Balaban J connectivity index is 2.15. The molecule has 19 heavy (non-hydrogen) atoms. The first kappa shape index (κ1) is 11.2. The monoisotopic (exact) mass is 253 g/mol. The van der Waals surface area contributed by atoms with Crippen molar-refractivity contribution in [2.75, 3.05) is 5.73 Å². The second-order valence-corrected chi connectivity index (χ2v) is 4.23. The number of nitrogens with zero attached hydrogens (tertiary/aromatic N) is 6. The van der Waals surface area contributed by atoms with Gasteiger partial charge < -0.3 is 14.9 Å². The molecule has 0 radical (unpaired) electrons. The first-order valence-corrected chi connectivity index (χ1v) is 5.68. The van der Waals surface area contributed by atoms with Gasteiger partial charge in [0.2, 0.25) is 5.95 Å². The van der Waals surface area contributed by atoms with Crippen LogP contribution in [0.3, 0.4) is 0 Å².